The molecule has 2 aromatic rings. The van der Waals surface area contributed by atoms with Gasteiger partial charge in [0.25, 0.3) is 0 Å². The number of hydrogen-bond acceptors (Lipinski definition) is 4. The van der Waals surface area contributed by atoms with Crippen LogP contribution in [-0.4, -0.2) is 31.6 Å². The van der Waals surface area contributed by atoms with Gasteiger partial charge in [-0.15, -0.1) is 11.3 Å². The van der Waals surface area contributed by atoms with Gasteiger partial charge in [0.05, 0.1) is 18.3 Å². The minimum atomic E-state index is 0.191. The van der Waals surface area contributed by atoms with Crippen LogP contribution in [0, 0.1) is 0 Å². The number of anilines is 1. The zero-order valence-corrected chi connectivity index (χ0v) is 16.7. The highest BCUT2D eigenvalue weighted by molar-refractivity contribution is 7.13. The van der Waals surface area contributed by atoms with Crippen LogP contribution in [0.1, 0.15) is 43.6 Å². The SMILES string of the molecule is CCNC(=NCc1csc(N(C)C)n1)NC(C)c1ccc(CC)cc1. The van der Waals surface area contributed by atoms with E-state index in [-0.39, 0.29) is 6.04 Å². The van der Waals surface area contributed by atoms with Gasteiger partial charge in [-0.2, -0.15) is 0 Å². The van der Waals surface area contributed by atoms with E-state index in [1.165, 1.54) is 11.1 Å². The molecule has 0 amide bonds. The number of guanidine groups is 1. The lowest BCUT2D eigenvalue weighted by Crippen LogP contribution is -2.38. The molecule has 1 aromatic carbocycles. The highest BCUT2D eigenvalue weighted by Crippen LogP contribution is 2.18. The molecule has 0 fully saturated rings. The molecule has 0 spiro atoms. The molecule has 0 bridgehead atoms. The van der Waals surface area contributed by atoms with Crippen molar-refractivity contribution in [2.75, 3.05) is 25.5 Å². The molecule has 1 atom stereocenters. The zero-order chi connectivity index (χ0) is 18.2. The predicted octanol–water partition coefficient (Wildman–Crippen LogP) is 3.59. The van der Waals surface area contributed by atoms with Crippen LogP contribution in [0.3, 0.4) is 0 Å². The summed E-state index contributed by atoms with van der Waals surface area (Å²) in [5, 5.41) is 9.86. The minimum absolute atomic E-state index is 0.191. The first-order valence-electron chi connectivity index (χ1n) is 8.78. The zero-order valence-electron chi connectivity index (χ0n) is 15.8. The predicted molar refractivity (Wildman–Crippen MR) is 109 cm³/mol. The van der Waals surface area contributed by atoms with E-state index in [9.17, 15) is 0 Å². The summed E-state index contributed by atoms with van der Waals surface area (Å²) < 4.78 is 0. The summed E-state index contributed by atoms with van der Waals surface area (Å²) in [6.07, 6.45) is 1.06. The molecule has 0 saturated carbocycles. The van der Waals surface area contributed by atoms with Gasteiger partial charge in [0.1, 0.15) is 0 Å². The summed E-state index contributed by atoms with van der Waals surface area (Å²) in [6, 6.07) is 8.94. The number of thiazole rings is 1. The number of nitrogens with zero attached hydrogens (tertiary/aromatic N) is 3. The molecule has 0 saturated heterocycles. The molecule has 6 heteroatoms. The lowest BCUT2D eigenvalue weighted by molar-refractivity contribution is 0.685. The number of hydrogen-bond donors (Lipinski definition) is 2. The molecule has 1 unspecified atom stereocenters. The van der Waals surface area contributed by atoms with Crippen molar-refractivity contribution in [1.82, 2.24) is 15.6 Å². The summed E-state index contributed by atoms with van der Waals surface area (Å²) in [5.74, 6) is 0.814. The van der Waals surface area contributed by atoms with Crippen LogP contribution in [0.2, 0.25) is 0 Å². The van der Waals surface area contributed by atoms with Crippen molar-refractivity contribution in [1.29, 1.82) is 0 Å². The molecule has 136 valence electrons. The second-order valence-corrected chi connectivity index (χ2v) is 7.01. The minimum Gasteiger partial charge on any atom is -0.357 e. The van der Waals surface area contributed by atoms with Crippen LogP contribution in [0.25, 0.3) is 0 Å². The van der Waals surface area contributed by atoms with Gasteiger partial charge in [-0.05, 0) is 31.4 Å². The van der Waals surface area contributed by atoms with Crippen LogP contribution in [-0.2, 0) is 13.0 Å². The molecule has 5 nitrogen and oxygen atoms in total. The average molecular weight is 360 g/mol. The van der Waals surface area contributed by atoms with Crippen molar-refractivity contribution in [2.45, 2.75) is 39.8 Å². The Bertz CT molecular complexity index is 675. The maximum Gasteiger partial charge on any atom is 0.192 e. The highest BCUT2D eigenvalue weighted by atomic mass is 32.1. The lowest BCUT2D eigenvalue weighted by atomic mass is 10.1. The monoisotopic (exact) mass is 359 g/mol. The van der Waals surface area contributed by atoms with Gasteiger partial charge in [-0.1, -0.05) is 31.2 Å². The van der Waals surface area contributed by atoms with E-state index in [0.29, 0.717) is 6.54 Å². The number of aryl methyl sites for hydroxylation is 1. The third-order valence-electron chi connectivity index (χ3n) is 3.91. The fourth-order valence-corrected chi connectivity index (χ4v) is 3.13. The smallest absolute Gasteiger partial charge is 0.192 e. The van der Waals surface area contributed by atoms with Crippen molar-refractivity contribution in [3.8, 4) is 0 Å². The Kier molecular flexibility index (Phi) is 7.25. The quantitative estimate of drug-likeness (QED) is 0.586. The van der Waals surface area contributed by atoms with Crippen molar-refractivity contribution in [2.24, 2.45) is 4.99 Å². The summed E-state index contributed by atoms with van der Waals surface area (Å²) >= 11 is 1.64. The van der Waals surface area contributed by atoms with Gasteiger partial charge in [-0.3, -0.25) is 0 Å². The van der Waals surface area contributed by atoms with E-state index in [2.05, 4.69) is 71.0 Å². The number of benzene rings is 1. The first-order chi connectivity index (χ1) is 12.0. The first kappa shape index (κ1) is 19.2. The van der Waals surface area contributed by atoms with Crippen molar-refractivity contribution < 1.29 is 0 Å². The molecule has 0 aliphatic carbocycles. The molecule has 1 heterocycles. The molecular formula is C19H29N5S. The molecule has 2 rings (SSSR count). The van der Waals surface area contributed by atoms with Crippen LogP contribution >= 0.6 is 11.3 Å². The summed E-state index contributed by atoms with van der Waals surface area (Å²) in [6.45, 7) is 7.80. The first-order valence-corrected chi connectivity index (χ1v) is 9.66. The second-order valence-electron chi connectivity index (χ2n) is 6.17. The van der Waals surface area contributed by atoms with E-state index < -0.39 is 0 Å². The third kappa shape index (κ3) is 5.74. The molecular weight excluding hydrogens is 330 g/mol. The largest absolute Gasteiger partial charge is 0.357 e. The van der Waals surface area contributed by atoms with Gasteiger partial charge in [-0.25, -0.2) is 9.98 Å². The van der Waals surface area contributed by atoms with Gasteiger partial charge in [0.15, 0.2) is 11.1 Å². The summed E-state index contributed by atoms with van der Waals surface area (Å²) in [7, 11) is 4.01. The molecule has 0 aliphatic rings. The van der Waals surface area contributed by atoms with Gasteiger partial charge >= 0.3 is 0 Å². The average Bonchev–Trinajstić information content (AvgIpc) is 3.09. The van der Waals surface area contributed by atoms with Crippen LogP contribution in [0.4, 0.5) is 5.13 Å². The number of nitrogens with one attached hydrogen (secondary N) is 2. The topological polar surface area (TPSA) is 52.6 Å². The Balaban J connectivity index is 2.02. The molecule has 0 radical (unpaired) electrons. The Labute approximate surface area is 155 Å². The Morgan fingerprint density at radius 2 is 1.96 bits per heavy atom. The van der Waals surface area contributed by atoms with E-state index >= 15 is 0 Å². The number of rotatable bonds is 7. The van der Waals surface area contributed by atoms with Gasteiger partial charge < -0.3 is 15.5 Å². The lowest BCUT2D eigenvalue weighted by Gasteiger charge is -2.18. The number of aliphatic imine (C=N–C) groups is 1. The Morgan fingerprint density at radius 3 is 2.52 bits per heavy atom. The number of aromatic nitrogens is 1. The van der Waals surface area contributed by atoms with Crippen LogP contribution in [0.15, 0.2) is 34.6 Å². The third-order valence-corrected chi connectivity index (χ3v) is 4.96. The standard InChI is InChI=1S/C19H29N5S/c1-6-15-8-10-16(11-9-15)14(3)22-18(20-7-2)21-12-17-13-25-19(23-17)24(4)5/h8-11,13-14H,6-7,12H2,1-5H3,(H2,20,21,22). The molecule has 1 aromatic heterocycles. The molecule has 0 aliphatic heterocycles. The maximum atomic E-state index is 4.68. The van der Waals surface area contributed by atoms with E-state index in [1.807, 2.05) is 19.0 Å². The maximum absolute atomic E-state index is 4.68. The summed E-state index contributed by atoms with van der Waals surface area (Å²) in [4.78, 5) is 11.3. The van der Waals surface area contributed by atoms with Crippen molar-refractivity contribution in [3.63, 3.8) is 0 Å². The Hall–Kier alpha value is -2.08. The van der Waals surface area contributed by atoms with Crippen molar-refractivity contribution in [3.05, 3.63) is 46.5 Å². The summed E-state index contributed by atoms with van der Waals surface area (Å²) in [5.41, 5.74) is 3.61. The van der Waals surface area contributed by atoms with Crippen LogP contribution < -0.4 is 15.5 Å². The van der Waals surface area contributed by atoms with Crippen molar-refractivity contribution >= 4 is 22.4 Å². The van der Waals surface area contributed by atoms with Gasteiger partial charge in [0, 0.05) is 26.0 Å². The fraction of sp³-hybridized carbons (Fsp3) is 0.474. The normalized spacial score (nSPS) is 12.8. The fourth-order valence-electron chi connectivity index (χ4n) is 2.38. The molecule has 25 heavy (non-hydrogen) atoms. The Morgan fingerprint density at radius 1 is 1.24 bits per heavy atom. The van der Waals surface area contributed by atoms with Gasteiger partial charge in [0.2, 0.25) is 0 Å². The molecule has 2 N–H and O–H groups in total. The van der Waals surface area contributed by atoms with E-state index in [1.54, 1.807) is 11.3 Å². The van der Waals surface area contributed by atoms with E-state index in [4.69, 9.17) is 0 Å². The van der Waals surface area contributed by atoms with Crippen LogP contribution in [0.5, 0.6) is 0 Å². The highest BCUT2D eigenvalue weighted by Gasteiger charge is 2.08. The second kappa shape index (κ2) is 9.42. The van der Waals surface area contributed by atoms with E-state index in [0.717, 1.165) is 29.8 Å².